The fraction of sp³-hybridized carbons (Fsp3) is 0.789. The van der Waals surface area contributed by atoms with Gasteiger partial charge in [0.15, 0.2) is 5.78 Å². The second kappa shape index (κ2) is 4.30. The second-order valence-electron chi connectivity index (χ2n) is 8.39. The Morgan fingerprint density at radius 3 is 2.62 bits per heavy atom. The fourth-order valence-corrected chi connectivity index (χ4v) is 6.33. The van der Waals surface area contributed by atoms with E-state index in [4.69, 9.17) is 0 Å². The predicted octanol–water partition coefficient (Wildman–Crippen LogP) is 4.09. The van der Waals surface area contributed by atoms with Gasteiger partial charge in [0.05, 0.1) is 0 Å². The lowest BCUT2D eigenvalue weighted by atomic mass is 9.48. The van der Waals surface area contributed by atoms with Crippen molar-refractivity contribution in [2.24, 2.45) is 28.6 Å². The van der Waals surface area contributed by atoms with Crippen LogP contribution in [0.15, 0.2) is 11.6 Å². The maximum atomic E-state index is 12.4. The minimum absolute atomic E-state index is 0.0246. The summed E-state index contributed by atoms with van der Waals surface area (Å²) in [6, 6.07) is 0. The van der Waals surface area contributed by atoms with Crippen molar-refractivity contribution >= 4 is 11.6 Å². The molecule has 0 aromatic heterocycles. The molecule has 2 heteroatoms. The summed E-state index contributed by atoms with van der Waals surface area (Å²) < 4.78 is 0. The third kappa shape index (κ3) is 1.71. The van der Waals surface area contributed by atoms with Crippen LogP contribution in [0.5, 0.6) is 0 Å². The maximum Gasteiger partial charge on any atom is 0.155 e. The van der Waals surface area contributed by atoms with Crippen molar-refractivity contribution in [2.75, 3.05) is 0 Å². The highest BCUT2D eigenvalue weighted by Crippen LogP contribution is 2.64. The number of fused-ring (bicyclic) bond motifs is 5. The van der Waals surface area contributed by atoms with Gasteiger partial charge in [0.2, 0.25) is 0 Å². The zero-order chi connectivity index (χ0) is 14.8. The Hall–Kier alpha value is -0.920. The average molecular weight is 288 g/mol. The minimum atomic E-state index is -0.0246. The molecule has 4 aliphatic carbocycles. The second-order valence-corrected chi connectivity index (χ2v) is 8.39. The molecule has 0 amide bonds. The number of ketones is 2. The van der Waals surface area contributed by atoms with Crippen molar-refractivity contribution < 1.29 is 9.59 Å². The molecular weight excluding hydrogens is 262 g/mol. The van der Waals surface area contributed by atoms with Crippen LogP contribution in [0.2, 0.25) is 0 Å². The zero-order valence-corrected chi connectivity index (χ0v) is 13.3. The normalized spacial score (nSPS) is 49.2. The van der Waals surface area contributed by atoms with Gasteiger partial charge in [-0.3, -0.25) is 9.59 Å². The Morgan fingerprint density at radius 1 is 1.05 bits per heavy atom. The molecule has 0 heterocycles. The number of allylic oxidation sites excluding steroid dienone is 1. The summed E-state index contributed by atoms with van der Waals surface area (Å²) in [6.45, 7) is 4.64. The molecule has 21 heavy (non-hydrogen) atoms. The highest BCUT2D eigenvalue weighted by Gasteiger charge is 2.58. The summed E-state index contributed by atoms with van der Waals surface area (Å²) in [7, 11) is 0. The monoisotopic (exact) mass is 288 g/mol. The van der Waals surface area contributed by atoms with Gasteiger partial charge in [-0.15, -0.1) is 0 Å². The van der Waals surface area contributed by atoms with E-state index in [-0.39, 0.29) is 10.8 Å². The number of carbonyl (C=O) groups is 2. The molecular formula is C19H26O2. The number of carbonyl (C=O) groups excluding carboxylic acids is 2. The van der Waals surface area contributed by atoms with Gasteiger partial charge in [0.1, 0.15) is 5.78 Å². The van der Waals surface area contributed by atoms with E-state index < -0.39 is 0 Å². The van der Waals surface area contributed by atoms with E-state index in [1.807, 2.05) is 6.08 Å². The minimum Gasteiger partial charge on any atom is -0.299 e. The highest BCUT2D eigenvalue weighted by molar-refractivity contribution is 5.91. The lowest BCUT2D eigenvalue weighted by Crippen LogP contribution is -2.50. The predicted molar refractivity (Wildman–Crippen MR) is 81.7 cm³/mol. The van der Waals surface area contributed by atoms with E-state index in [2.05, 4.69) is 13.8 Å². The van der Waals surface area contributed by atoms with Crippen molar-refractivity contribution in [1.29, 1.82) is 0 Å². The number of Topliss-reactive ketones (excluding diaryl/α,β-unsaturated/α-hetero) is 1. The maximum absolute atomic E-state index is 12.4. The van der Waals surface area contributed by atoms with Crippen molar-refractivity contribution in [2.45, 2.75) is 65.2 Å². The van der Waals surface area contributed by atoms with Gasteiger partial charge in [-0.05, 0) is 67.8 Å². The van der Waals surface area contributed by atoms with Crippen LogP contribution in [0.3, 0.4) is 0 Å². The quantitative estimate of drug-likeness (QED) is 0.673. The smallest absolute Gasteiger partial charge is 0.155 e. The molecule has 0 bridgehead atoms. The molecule has 0 radical (unpaired) electrons. The largest absolute Gasteiger partial charge is 0.299 e. The van der Waals surface area contributed by atoms with Crippen LogP contribution < -0.4 is 0 Å². The Bertz CT molecular complexity index is 546. The summed E-state index contributed by atoms with van der Waals surface area (Å²) >= 11 is 0. The summed E-state index contributed by atoms with van der Waals surface area (Å²) in [5.41, 5.74) is 1.64. The molecule has 0 unspecified atom stereocenters. The van der Waals surface area contributed by atoms with Crippen LogP contribution in [0.1, 0.15) is 65.2 Å². The van der Waals surface area contributed by atoms with E-state index in [0.29, 0.717) is 29.3 Å². The van der Waals surface area contributed by atoms with Gasteiger partial charge in [-0.1, -0.05) is 19.4 Å². The van der Waals surface area contributed by atoms with Crippen molar-refractivity contribution in [3.63, 3.8) is 0 Å². The van der Waals surface area contributed by atoms with Crippen LogP contribution in [0.4, 0.5) is 0 Å². The molecule has 0 N–H and O–H groups in total. The fourth-order valence-electron chi connectivity index (χ4n) is 6.33. The van der Waals surface area contributed by atoms with Gasteiger partial charge in [-0.2, -0.15) is 0 Å². The van der Waals surface area contributed by atoms with Gasteiger partial charge >= 0.3 is 0 Å². The lowest BCUT2D eigenvalue weighted by Gasteiger charge is -2.56. The van der Waals surface area contributed by atoms with Gasteiger partial charge in [0.25, 0.3) is 0 Å². The molecule has 0 aromatic carbocycles. The molecule has 4 aliphatic rings. The first-order chi connectivity index (χ1) is 9.95. The molecule has 0 spiro atoms. The summed E-state index contributed by atoms with van der Waals surface area (Å²) in [5.74, 6) is 2.88. The summed E-state index contributed by atoms with van der Waals surface area (Å²) in [5, 5.41) is 0. The van der Waals surface area contributed by atoms with Crippen molar-refractivity contribution in [3.05, 3.63) is 11.6 Å². The topological polar surface area (TPSA) is 34.1 Å². The van der Waals surface area contributed by atoms with Crippen LogP contribution in [-0.2, 0) is 9.59 Å². The van der Waals surface area contributed by atoms with E-state index in [1.54, 1.807) is 0 Å². The SMILES string of the molecule is C[C@]12CC[14C](=O)C=C1CC[C@@H]1[C@@H]2CC[C@]2(C)C(=O)CC[C@@H]12. The molecule has 0 aromatic rings. The summed E-state index contributed by atoms with van der Waals surface area (Å²) in [6.07, 6.45) is 10.2. The van der Waals surface area contributed by atoms with Crippen LogP contribution in [-0.4, -0.2) is 11.6 Å². The highest BCUT2D eigenvalue weighted by atomic mass is 16.3. The number of hydrogen-bond donors (Lipinski definition) is 0. The van der Waals surface area contributed by atoms with E-state index in [9.17, 15) is 9.59 Å². The standard InChI is InChI=1S/C19H26O2/c1-18-9-7-13(20)11-12(18)3-4-14-15-5-6-17(21)19(15,2)10-8-16(14)18/h11,14-16H,3-10H2,1-2H3/t14-,15-,16-,18-,19-/m0/s1/i13+2. The van der Waals surface area contributed by atoms with Gasteiger partial charge in [-0.25, -0.2) is 0 Å². The third-order valence-electron chi connectivity index (χ3n) is 7.67. The van der Waals surface area contributed by atoms with Crippen LogP contribution >= 0.6 is 0 Å². The van der Waals surface area contributed by atoms with Crippen molar-refractivity contribution in [3.8, 4) is 0 Å². The first-order valence-corrected chi connectivity index (χ1v) is 8.72. The Kier molecular flexibility index (Phi) is 2.81. The van der Waals surface area contributed by atoms with E-state index >= 15 is 0 Å². The van der Waals surface area contributed by atoms with Crippen LogP contribution in [0, 0.1) is 28.6 Å². The molecule has 2 nitrogen and oxygen atoms in total. The number of rotatable bonds is 0. The molecule has 0 saturated heterocycles. The third-order valence-corrected chi connectivity index (χ3v) is 7.67. The van der Waals surface area contributed by atoms with Gasteiger partial charge in [0, 0.05) is 18.3 Å². The summed E-state index contributed by atoms with van der Waals surface area (Å²) in [4.78, 5) is 24.1. The molecule has 5 atom stereocenters. The molecule has 4 rings (SSSR count). The van der Waals surface area contributed by atoms with E-state index in [0.717, 1.165) is 38.5 Å². The Balaban J connectivity index is 1.70. The average Bonchev–Trinajstić information content (AvgIpc) is 2.76. The van der Waals surface area contributed by atoms with Crippen molar-refractivity contribution in [1.82, 2.24) is 0 Å². The molecule has 3 fully saturated rings. The van der Waals surface area contributed by atoms with Crippen LogP contribution in [0.25, 0.3) is 0 Å². The first kappa shape index (κ1) is 13.7. The first-order valence-electron chi connectivity index (χ1n) is 8.72. The number of hydrogen-bond acceptors (Lipinski definition) is 2. The molecule has 0 aliphatic heterocycles. The lowest BCUT2D eigenvalue weighted by molar-refractivity contribution is -0.132. The molecule has 114 valence electrons. The Labute approximate surface area is 127 Å². The Morgan fingerprint density at radius 2 is 1.81 bits per heavy atom. The van der Waals surface area contributed by atoms with Gasteiger partial charge < -0.3 is 0 Å². The zero-order valence-electron chi connectivity index (χ0n) is 13.3. The molecule has 3 saturated carbocycles. The van der Waals surface area contributed by atoms with E-state index in [1.165, 1.54) is 18.4 Å².